The van der Waals surface area contributed by atoms with Gasteiger partial charge in [-0.05, 0) is 43.9 Å². The number of nitrogens with one attached hydrogen (secondary N) is 1. The number of fused-ring (bicyclic) bond motifs is 1. The van der Waals surface area contributed by atoms with Crippen LogP contribution in [0.15, 0.2) is 30.5 Å². The van der Waals surface area contributed by atoms with Crippen LogP contribution in [0.4, 0.5) is 0 Å². The highest BCUT2D eigenvalue weighted by molar-refractivity contribution is 5.76. The van der Waals surface area contributed by atoms with E-state index >= 15 is 0 Å². The largest absolute Gasteiger partial charge is 0.350 e. The first-order valence-electron chi connectivity index (χ1n) is 10.7. The molecule has 150 valence electrons. The number of carbonyl (C=O) groups is 1. The Labute approximate surface area is 167 Å². The fraction of sp³-hybridized carbons (Fsp3) is 0.591. The number of rotatable bonds is 6. The van der Waals surface area contributed by atoms with E-state index in [1.165, 1.54) is 44.3 Å². The van der Waals surface area contributed by atoms with Crippen LogP contribution in [0, 0.1) is 0 Å². The Morgan fingerprint density at radius 2 is 2.00 bits per heavy atom. The molecule has 0 unspecified atom stereocenters. The minimum atomic E-state index is 0.0534. The molecule has 1 N–H and O–H groups in total. The van der Waals surface area contributed by atoms with Gasteiger partial charge < -0.3 is 5.32 Å². The summed E-state index contributed by atoms with van der Waals surface area (Å²) < 4.78 is 2.15. The van der Waals surface area contributed by atoms with Crippen LogP contribution in [-0.4, -0.2) is 38.2 Å². The van der Waals surface area contributed by atoms with Gasteiger partial charge in [-0.15, -0.1) is 0 Å². The van der Waals surface area contributed by atoms with Gasteiger partial charge >= 0.3 is 0 Å². The van der Waals surface area contributed by atoms with Crippen molar-refractivity contribution in [2.75, 3.05) is 6.54 Å². The summed E-state index contributed by atoms with van der Waals surface area (Å²) in [5.74, 6) is 0.0534. The summed E-state index contributed by atoms with van der Waals surface area (Å²) >= 11 is 0. The average molecular weight is 382 g/mol. The Morgan fingerprint density at radius 3 is 2.82 bits per heavy atom. The fourth-order valence-corrected chi connectivity index (χ4v) is 4.46. The summed E-state index contributed by atoms with van der Waals surface area (Å²) in [5.41, 5.74) is 3.21. The third kappa shape index (κ3) is 4.98. The zero-order chi connectivity index (χ0) is 19.2. The van der Waals surface area contributed by atoms with Crippen molar-refractivity contribution in [3.63, 3.8) is 0 Å². The van der Waals surface area contributed by atoms with Crippen molar-refractivity contribution in [1.29, 1.82) is 0 Å². The standard InChI is InChI=1S/C22H31N5O/c28-22(11-10-18-7-4-5-12-23-18)24-16-19-15-21-17-26(13-6-14-27(21)25-19)20-8-2-1-3-9-20/h4-5,7,12,15,20H,1-3,6,8-11,13-14,16-17H2,(H,24,28). The number of aryl methyl sites for hydroxylation is 2. The van der Waals surface area contributed by atoms with Gasteiger partial charge in [0.25, 0.3) is 0 Å². The van der Waals surface area contributed by atoms with Crippen LogP contribution in [-0.2, 0) is 30.8 Å². The molecule has 0 radical (unpaired) electrons. The van der Waals surface area contributed by atoms with Gasteiger partial charge in [-0.3, -0.25) is 19.4 Å². The predicted molar refractivity (Wildman–Crippen MR) is 109 cm³/mol. The van der Waals surface area contributed by atoms with E-state index in [1.54, 1.807) is 6.20 Å². The molecule has 2 aromatic heterocycles. The number of hydrogen-bond acceptors (Lipinski definition) is 4. The molecule has 28 heavy (non-hydrogen) atoms. The molecule has 1 amide bonds. The highest BCUT2D eigenvalue weighted by atomic mass is 16.1. The second-order valence-corrected chi connectivity index (χ2v) is 8.06. The zero-order valence-electron chi connectivity index (χ0n) is 16.6. The first kappa shape index (κ1) is 19.1. The molecule has 0 aromatic carbocycles. The topological polar surface area (TPSA) is 63.1 Å². The number of hydrogen-bond donors (Lipinski definition) is 1. The first-order valence-corrected chi connectivity index (χ1v) is 10.7. The van der Waals surface area contributed by atoms with E-state index in [1.807, 2.05) is 18.2 Å². The molecular weight excluding hydrogens is 350 g/mol. The van der Waals surface area contributed by atoms with Gasteiger partial charge in [0.1, 0.15) is 0 Å². The van der Waals surface area contributed by atoms with Crippen molar-refractivity contribution in [3.8, 4) is 0 Å². The molecule has 3 heterocycles. The van der Waals surface area contributed by atoms with Crippen molar-refractivity contribution < 1.29 is 4.79 Å². The summed E-state index contributed by atoms with van der Waals surface area (Å²) in [6.07, 6.45) is 10.9. The molecule has 0 bridgehead atoms. The molecule has 0 spiro atoms. The molecule has 2 aromatic rings. The summed E-state index contributed by atoms with van der Waals surface area (Å²) in [7, 11) is 0. The van der Waals surface area contributed by atoms with Crippen LogP contribution in [0.1, 0.15) is 62.0 Å². The van der Waals surface area contributed by atoms with Crippen LogP contribution in [0.3, 0.4) is 0 Å². The van der Waals surface area contributed by atoms with Crippen LogP contribution in [0.5, 0.6) is 0 Å². The monoisotopic (exact) mass is 381 g/mol. The van der Waals surface area contributed by atoms with E-state index in [2.05, 4.69) is 25.9 Å². The molecule has 1 fully saturated rings. The number of pyridine rings is 1. The zero-order valence-corrected chi connectivity index (χ0v) is 16.6. The molecule has 1 aliphatic carbocycles. The van der Waals surface area contributed by atoms with Crippen molar-refractivity contribution >= 4 is 5.91 Å². The Morgan fingerprint density at radius 1 is 1.11 bits per heavy atom. The van der Waals surface area contributed by atoms with E-state index in [4.69, 9.17) is 5.10 Å². The summed E-state index contributed by atoms with van der Waals surface area (Å²) in [6, 6.07) is 8.72. The molecule has 0 saturated heterocycles. The van der Waals surface area contributed by atoms with Gasteiger partial charge in [0, 0.05) is 44.0 Å². The molecule has 1 saturated carbocycles. The van der Waals surface area contributed by atoms with Crippen molar-refractivity contribution in [1.82, 2.24) is 25.0 Å². The normalized spacial score (nSPS) is 18.4. The minimum Gasteiger partial charge on any atom is -0.350 e. The van der Waals surface area contributed by atoms with Gasteiger partial charge in [0.2, 0.25) is 5.91 Å². The molecular formula is C22H31N5O. The maximum atomic E-state index is 12.2. The van der Waals surface area contributed by atoms with Crippen LogP contribution in [0.2, 0.25) is 0 Å². The lowest BCUT2D eigenvalue weighted by molar-refractivity contribution is -0.121. The van der Waals surface area contributed by atoms with Crippen molar-refractivity contribution in [2.45, 2.75) is 77.0 Å². The molecule has 2 aliphatic rings. The van der Waals surface area contributed by atoms with Crippen LogP contribution < -0.4 is 5.32 Å². The summed E-state index contributed by atoms with van der Waals surface area (Å²) in [4.78, 5) is 19.1. The number of nitrogens with zero attached hydrogens (tertiary/aromatic N) is 4. The maximum Gasteiger partial charge on any atom is 0.220 e. The Hall–Kier alpha value is -2.21. The van der Waals surface area contributed by atoms with Gasteiger partial charge in [0.05, 0.1) is 17.9 Å². The molecule has 0 atom stereocenters. The lowest BCUT2D eigenvalue weighted by atomic mass is 9.94. The number of carbonyl (C=O) groups excluding carboxylic acids is 1. The predicted octanol–water partition coefficient (Wildman–Crippen LogP) is 3.07. The van der Waals surface area contributed by atoms with E-state index in [0.717, 1.165) is 36.9 Å². The first-order chi connectivity index (χ1) is 13.8. The third-order valence-electron chi connectivity index (χ3n) is 5.99. The lowest BCUT2D eigenvalue weighted by Gasteiger charge is -2.33. The van der Waals surface area contributed by atoms with Crippen LogP contribution in [0.25, 0.3) is 0 Å². The SMILES string of the molecule is O=C(CCc1ccccn1)NCc1cc2n(n1)CCCN(C1CCCCC1)C2. The molecule has 6 heteroatoms. The average Bonchev–Trinajstić information content (AvgIpc) is 3.02. The Bertz CT molecular complexity index is 766. The lowest BCUT2D eigenvalue weighted by Crippen LogP contribution is -2.36. The highest BCUT2D eigenvalue weighted by Crippen LogP contribution is 2.26. The molecule has 1 aliphatic heterocycles. The third-order valence-corrected chi connectivity index (χ3v) is 5.99. The quantitative estimate of drug-likeness (QED) is 0.835. The Kier molecular flexibility index (Phi) is 6.37. The van der Waals surface area contributed by atoms with Gasteiger partial charge in [0.15, 0.2) is 0 Å². The molecule has 4 rings (SSSR count). The summed E-state index contributed by atoms with van der Waals surface area (Å²) in [6.45, 7) is 3.65. The second-order valence-electron chi connectivity index (χ2n) is 8.06. The summed E-state index contributed by atoms with van der Waals surface area (Å²) in [5, 5.41) is 7.76. The van der Waals surface area contributed by atoms with E-state index in [-0.39, 0.29) is 5.91 Å². The second kappa shape index (κ2) is 9.32. The fourth-order valence-electron chi connectivity index (χ4n) is 4.46. The van der Waals surface area contributed by atoms with Gasteiger partial charge in [-0.2, -0.15) is 5.10 Å². The minimum absolute atomic E-state index is 0.0534. The number of aromatic nitrogens is 3. The van der Waals surface area contributed by atoms with Crippen molar-refractivity contribution in [3.05, 3.63) is 47.5 Å². The smallest absolute Gasteiger partial charge is 0.220 e. The number of amides is 1. The van der Waals surface area contributed by atoms with Crippen LogP contribution >= 0.6 is 0 Å². The highest BCUT2D eigenvalue weighted by Gasteiger charge is 2.24. The van der Waals surface area contributed by atoms with Gasteiger partial charge in [-0.25, -0.2) is 0 Å². The van der Waals surface area contributed by atoms with E-state index in [0.29, 0.717) is 19.4 Å². The van der Waals surface area contributed by atoms with E-state index < -0.39 is 0 Å². The molecule has 6 nitrogen and oxygen atoms in total. The Balaban J connectivity index is 1.29. The van der Waals surface area contributed by atoms with Crippen molar-refractivity contribution in [2.24, 2.45) is 0 Å². The van der Waals surface area contributed by atoms with E-state index in [9.17, 15) is 4.79 Å². The maximum absolute atomic E-state index is 12.2. The van der Waals surface area contributed by atoms with Gasteiger partial charge in [-0.1, -0.05) is 25.3 Å².